The molecule has 0 radical (unpaired) electrons. The Morgan fingerprint density at radius 1 is 1.38 bits per heavy atom. The monoisotopic (exact) mass is 222 g/mol. The highest BCUT2D eigenvalue weighted by Crippen LogP contribution is 2.61. The maximum Gasteiger partial charge on any atom is 0.307 e. The average Bonchev–Trinajstić information content (AvgIpc) is 2.75. The second kappa shape index (κ2) is 3.19. The SMILES string of the molecule is CC(=O)C(C)(C)C12C=CC(C1)C(C(=O)O)C2. The van der Waals surface area contributed by atoms with Crippen LogP contribution in [0.15, 0.2) is 12.2 Å². The second-order valence-corrected chi connectivity index (χ2v) is 5.71. The average molecular weight is 222 g/mol. The van der Waals surface area contributed by atoms with E-state index >= 15 is 0 Å². The standard InChI is InChI=1S/C13H18O3/c1-8(14)12(2,3)13-5-4-9(6-13)10(7-13)11(15)16/h4-5,9-10H,6-7H2,1-3H3,(H,15,16). The molecule has 3 nitrogen and oxygen atoms in total. The molecule has 3 unspecified atom stereocenters. The third-order valence-corrected chi connectivity index (χ3v) is 4.81. The highest BCUT2D eigenvalue weighted by molar-refractivity contribution is 5.83. The summed E-state index contributed by atoms with van der Waals surface area (Å²) in [4.78, 5) is 22.8. The van der Waals surface area contributed by atoms with Crippen LogP contribution in [0.25, 0.3) is 0 Å². The lowest BCUT2D eigenvalue weighted by Crippen LogP contribution is -2.39. The first-order chi connectivity index (χ1) is 7.30. The largest absolute Gasteiger partial charge is 0.481 e. The van der Waals surface area contributed by atoms with E-state index < -0.39 is 11.4 Å². The normalized spacial score (nSPS) is 36.7. The van der Waals surface area contributed by atoms with E-state index in [0.29, 0.717) is 6.42 Å². The Balaban J connectivity index is 2.34. The number of ketones is 1. The molecule has 2 rings (SSSR count). The van der Waals surface area contributed by atoms with Gasteiger partial charge in [-0.3, -0.25) is 9.59 Å². The number of hydrogen-bond acceptors (Lipinski definition) is 2. The van der Waals surface area contributed by atoms with Crippen LogP contribution in [0.5, 0.6) is 0 Å². The number of Topliss-reactive ketones (excluding diaryl/α,β-unsaturated/α-hetero) is 1. The van der Waals surface area contributed by atoms with Crippen LogP contribution < -0.4 is 0 Å². The molecule has 2 aliphatic rings. The number of carboxylic acids is 1. The van der Waals surface area contributed by atoms with Crippen LogP contribution in [0.2, 0.25) is 0 Å². The highest BCUT2D eigenvalue weighted by atomic mass is 16.4. The summed E-state index contributed by atoms with van der Waals surface area (Å²) in [7, 11) is 0. The Labute approximate surface area is 95.5 Å². The Hall–Kier alpha value is -1.12. The second-order valence-electron chi connectivity index (χ2n) is 5.71. The lowest BCUT2D eigenvalue weighted by atomic mass is 9.62. The van der Waals surface area contributed by atoms with Crippen molar-refractivity contribution in [2.45, 2.75) is 33.6 Å². The predicted molar refractivity (Wildman–Crippen MR) is 59.9 cm³/mol. The highest BCUT2D eigenvalue weighted by Gasteiger charge is 2.57. The first-order valence-electron chi connectivity index (χ1n) is 5.73. The number of carboxylic acid groups (broad SMARTS) is 1. The molecule has 0 aliphatic heterocycles. The maximum absolute atomic E-state index is 11.7. The molecule has 2 aliphatic carbocycles. The molecular weight excluding hydrogens is 204 g/mol. The number of rotatable bonds is 3. The van der Waals surface area contributed by atoms with Gasteiger partial charge in [0.25, 0.3) is 0 Å². The molecule has 0 saturated heterocycles. The number of fused-ring (bicyclic) bond motifs is 2. The number of allylic oxidation sites excluding steroid dienone is 2. The molecule has 88 valence electrons. The van der Waals surface area contributed by atoms with E-state index in [1.165, 1.54) is 0 Å². The minimum Gasteiger partial charge on any atom is -0.481 e. The zero-order valence-electron chi connectivity index (χ0n) is 9.99. The smallest absolute Gasteiger partial charge is 0.307 e. The van der Waals surface area contributed by atoms with Gasteiger partial charge in [0.15, 0.2) is 0 Å². The van der Waals surface area contributed by atoms with Crippen molar-refractivity contribution in [3.05, 3.63) is 12.2 Å². The van der Waals surface area contributed by atoms with E-state index in [1.54, 1.807) is 6.92 Å². The topological polar surface area (TPSA) is 54.4 Å². The fourth-order valence-electron chi connectivity index (χ4n) is 3.18. The van der Waals surface area contributed by atoms with E-state index in [2.05, 4.69) is 6.08 Å². The van der Waals surface area contributed by atoms with Crippen molar-refractivity contribution in [1.82, 2.24) is 0 Å². The Morgan fingerprint density at radius 2 is 2.00 bits per heavy atom. The Morgan fingerprint density at radius 3 is 2.44 bits per heavy atom. The molecule has 3 atom stereocenters. The van der Waals surface area contributed by atoms with Crippen molar-refractivity contribution in [1.29, 1.82) is 0 Å². The first-order valence-corrected chi connectivity index (χ1v) is 5.73. The quantitative estimate of drug-likeness (QED) is 0.745. The molecule has 1 saturated carbocycles. The summed E-state index contributed by atoms with van der Waals surface area (Å²) in [5.41, 5.74) is -0.686. The van der Waals surface area contributed by atoms with Crippen molar-refractivity contribution in [3.8, 4) is 0 Å². The van der Waals surface area contributed by atoms with Crippen LogP contribution >= 0.6 is 0 Å². The molecule has 0 heterocycles. The summed E-state index contributed by atoms with van der Waals surface area (Å²) in [6.07, 6.45) is 5.50. The summed E-state index contributed by atoms with van der Waals surface area (Å²) in [5.74, 6) is -0.765. The van der Waals surface area contributed by atoms with E-state index in [4.69, 9.17) is 5.11 Å². The van der Waals surface area contributed by atoms with Crippen molar-refractivity contribution < 1.29 is 14.7 Å². The lowest BCUT2D eigenvalue weighted by molar-refractivity contribution is -0.143. The Kier molecular flexibility index (Phi) is 2.26. The van der Waals surface area contributed by atoms with Crippen LogP contribution in [0.4, 0.5) is 0 Å². The molecule has 1 fully saturated rings. The van der Waals surface area contributed by atoms with Crippen molar-refractivity contribution in [2.24, 2.45) is 22.7 Å². The van der Waals surface area contributed by atoms with Gasteiger partial charge in [-0.1, -0.05) is 26.0 Å². The van der Waals surface area contributed by atoms with Gasteiger partial charge in [-0.2, -0.15) is 0 Å². The van der Waals surface area contributed by atoms with Crippen LogP contribution in [-0.2, 0) is 9.59 Å². The fraction of sp³-hybridized carbons (Fsp3) is 0.692. The molecule has 1 N–H and O–H groups in total. The molecular formula is C13H18O3. The van der Waals surface area contributed by atoms with Crippen LogP contribution in [0.3, 0.4) is 0 Å². The van der Waals surface area contributed by atoms with Gasteiger partial charge in [0, 0.05) is 10.8 Å². The van der Waals surface area contributed by atoms with Crippen molar-refractivity contribution in [3.63, 3.8) is 0 Å². The molecule has 0 aromatic carbocycles. The lowest BCUT2D eigenvalue weighted by Gasteiger charge is -2.40. The van der Waals surface area contributed by atoms with Gasteiger partial charge in [-0.25, -0.2) is 0 Å². The van der Waals surface area contributed by atoms with E-state index in [-0.39, 0.29) is 23.0 Å². The first kappa shape index (κ1) is 11.4. The van der Waals surface area contributed by atoms with Gasteiger partial charge in [0.1, 0.15) is 5.78 Å². The number of aliphatic carboxylic acids is 1. The molecule has 0 amide bonds. The van der Waals surface area contributed by atoms with E-state index in [0.717, 1.165) is 6.42 Å². The van der Waals surface area contributed by atoms with E-state index in [9.17, 15) is 9.59 Å². The third kappa shape index (κ3) is 1.27. The molecule has 2 bridgehead atoms. The summed E-state index contributed by atoms with van der Waals surface area (Å²) < 4.78 is 0. The van der Waals surface area contributed by atoms with Crippen molar-refractivity contribution >= 4 is 11.8 Å². The number of carbonyl (C=O) groups is 2. The van der Waals surface area contributed by atoms with Gasteiger partial charge < -0.3 is 5.11 Å². The zero-order chi connectivity index (χ0) is 12.1. The van der Waals surface area contributed by atoms with Gasteiger partial charge in [-0.05, 0) is 25.7 Å². The van der Waals surface area contributed by atoms with Gasteiger partial charge in [0.05, 0.1) is 5.92 Å². The van der Waals surface area contributed by atoms with Gasteiger partial charge in [-0.15, -0.1) is 0 Å². The molecule has 3 heteroatoms. The molecule has 0 spiro atoms. The Bertz CT molecular complexity index is 381. The minimum absolute atomic E-state index is 0.121. The number of hydrogen-bond donors (Lipinski definition) is 1. The summed E-state index contributed by atoms with van der Waals surface area (Å²) in [5, 5.41) is 9.14. The van der Waals surface area contributed by atoms with Crippen molar-refractivity contribution in [2.75, 3.05) is 0 Å². The molecule has 0 aromatic rings. The van der Waals surface area contributed by atoms with Gasteiger partial charge >= 0.3 is 5.97 Å². The minimum atomic E-state index is -0.726. The zero-order valence-corrected chi connectivity index (χ0v) is 9.99. The fourth-order valence-corrected chi connectivity index (χ4v) is 3.18. The maximum atomic E-state index is 11.7. The summed E-state index contributed by atoms with van der Waals surface area (Å²) >= 11 is 0. The molecule has 0 aromatic heterocycles. The third-order valence-electron chi connectivity index (χ3n) is 4.81. The van der Waals surface area contributed by atoms with Crippen LogP contribution in [0.1, 0.15) is 33.6 Å². The predicted octanol–water partition coefficient (Wildman–Crippen LogP) is 2.27. The van der Waals surface area contributed by atoms with Crippen LogP contribution in [-0.4, -0.2) is 16.9 Å². The molecule has 16 heavy (non-hydrogen) atoms. The summed E-state index contributed by atoms with van der Waals surface area (Å²) in [6.45, 7) is 5.47. The summed E-state index contributed by atoms with van der Waals surface area (Å²) in [6, 6.07) is 0. The van der Waals surface area contributed by atoms with E-state index in [1.807, 2.05) is 19.9 Å². The van der Waals surface area contributed by atoms with Crippen LogP contribution in [0, 0.1) is 22.7 Å². The van der Waals surface area contributed by atoms with Gasteiger partial charge in [0.2, 0.25) is 0 Å². The number of carbonyl (C=O) groups excluding carboxylic acids is 1.